The number of hydrogen-bond donors (Lipinski definition) is 1. The average molecular weight is 307 g/mol. The maximum absolute atomic E-state index is 6.01. The van der Waals surface area contributed by atoms with Crippen molar-refractivity contribution in [3.8, 4) is 0 Å². The molecule has 2 heterocycles. The summed E-state index contributed by atoms with van der Waals surface area (Å²) in [5.41, 5.74) is 3.20. The van der Waals surface area contributed by atoms with Gasteiger partial charge < -0.3 is 14.6 Å². The van der Waals surface area contributed by atoms with Crippen molar-refractivity contribution in [3.63, 3.8) is 0 Å². The molecule has 5 heteroatoms. The zero-order valence-corrected chi connectivity index (χ0v) is 12.8. The molecule has 0 unspecified atom stereocenters. The van der Waals surface area contributed by atoms with Gasteiger partial charge in [-0.25, -0.2) is 0 Å². The Labute approximate surface area is 129 Å². The number of hydrogen-bond acceptors (Lipinski definition) is 4. The lowest BCUT2D eigenvalue weighted by molar-refractivity contribution is 0.0357. The Morgan fingerprint density at radius 2 is 1.95 bits per heavy atom. The smallest absolute Gasteiger partial charge is 0.128 e. The zero-order chi connectivity index (χ0) is 14.7. The van der Waals surface area contributed by atoms with Crippen LogP contribution < -0.4 is 5.32 Å². The highest BCUT2D eigenvalue weighted by molar-refractivity contribution is 6.30. The van der Waals surface area contributed by atoms with Gasteiger partial charge in [0, 0.05) is 35.9 Å². The minimum atomic E-state index is -0.0768. The summed E-state index contributed by atoms with van der Waals surface area (Å²) < 4.78 is 10.5. The summed E-state index contributed by atoms with van der Waals surface area (Å²) in [7, 11) is 0. The van der Waals surface area contributed by atoms with E-state index in [1.165, 1.54) is 5.56 Å². The molecular weight excluding hydrogens is 288 g/mol. The number of benzene rings is 1. The summed E-state index contributed by atoms with van der Waals surface area (Å²) in [6.07, 6.45) is 3.59. The van der Waals surface area contributed by atoms with Crippen LogP contribution in [0.3, 0.4) is 0 Å². The van der Waals surface area contributed by atoms with Gasteiger partial charge >= 0.3 is 0 Å². The molecule has 2 aromatic rings. The van der Waals surface area contributed by atoms with Gasteiger partial charge in [0.2, 0.25) is 0 Å². The van der Waals surface area contributed by atoms with Gasteiger partial charge in [0.25, 0.3) is 0 Å². The minimum absolute atomic E-state index is 0.0768. The Morgan fingerprint density at radius 3 is 2.57 bits per heavy atom. The second-order valence-corrected chi connectivity index (χ2v) is 5.92. The molecule has 1 aromatic heterocycles. The largest absolute Gasteiger partial charge is 0.381 e. The molecule has 21 heavy (non-hydrogen) atoms. The monoisotopic (exact) mass is 306 g/mol. The summed E-state index contributed by atoms with van der Waals surface area (Å²) in [6.45, 7) is 4.22. The summed E-state index contributed by atoms with van der Waals surface area (Å²) >= 11 is 6.01. The molecule has 1 aliphatic heterocycles. The first-order valence-corrected chi connectivity index (χ1v) is 7.56. The summed E-state index contributed by atoms with van der Waals surface area (Å²) in [4.78, 5) is 0. The fourth-order valence-corrected chi connectivity index (χ4v) is 2.93. The Kier molecular flexibility index (Phi) is 4.29. The molecule has 0 spiro atoms. The standard InChI is InChI=1S/C16H19ClN2O2/c1-12-13(11-21-19-12)10-18-16(6-8-20-9-7-16)14-2-4-15(17)5-3-14/h2-5,11,18H,6-10H2,1H3. The van der Waals surface area contributed by atoms with Crippen molar-refractivity contribution in [2.45, 2.75) is 31.8 Å². The minimum Gasteiger partial charge on any atom is -0.381 e. The van der Waals surface area contributed by atoms with Gasteiger partial charge in [0.1, 0.15) is 6.26 Å². The van der Waals surface area contributed by atoms with Crippen LogP contribution in [0.25, 0.3) is 0 Å². The van der Waals surface area contributed by atoms with Crippen LogP contribution in [0.2, 0.25) is 5.02 Å². The van der Waals surface area contributed by atoms with Crippen molar-refractivity contribution in [2.75, 3.05) is 13.2 Å². The van der Waals surface area contributed by atoms with E-state index in [1.807, 2.05) is 19.1 Å². The Balaban J connectivity index is 1.83. The predicted molar refractivity (Wildman–Crippen MR) is 81.3 cm³/mol. The highest BCUT2D eigenvalue weighted by Gasteiger charge is 2.34. The van der Waals surface area contributed by atoms with E-state index in [9.17, 15) is 0 Å². The molecule has 0 aliphatic carbocycles. The molecule has 0 radical (unpaired) electrons. The molecule has 0 saturated carbocycles. The molecule has 0 atom stereocenters. The lowest BCUT2D eigenvalue weighted by Gasteiger charge is -2.39. The van der Waals surface area contributed by atoms with Crippen molar-refractivity contribution in [2.24, 2.45) is 0 Å². The molecule has 0 bridgehead atoms. The normalized spacial score (nSPS) is 17.8. The lowest BCUT2D eigenvalue weighted by atomic mass is 9.82. The van der Waals surface area contributed by atoms with E-state index in [-0.39, 0.29) is 5.54 Å². The van der Waals surface area contributed by atoms with Crippen molar-refractivity contribution < 1.29 is 9.26 Å². The molecule has 1 aliphatic rings. The fourth-order valence-electron chi connectivity index (χ4n) is 2.80. The molecule has 4 nitrogen and oxygen atoms in total. The highest BCUT2D eigenvalue weighted by atomic mass is 35.5. The van der Waals surface area contributed by atoms with Crippen LogP contribution >= 0.6 is 11.6 Å². The van der Waals surface area contributed by atoms with Crippen LogP contribution in [0.5, 0.6) is 0 Å². The van der Waals surface area contributed by atoms with Gasteiger partial charge in [-0.1, -0.05) is 28.9 Å². The van der Waals surface area contributed by atoms with E-state index in [0.717, 1.165) is 48.9 Å². The van der Waals surface area contributed by atoms with Crippen LogP contribution in [-0.4, -0.2) is 18.4 Å². The van der Waals surface area contributed by atoms with Gasteiger partial charge in [-0.15, -0.1) is 0 Å². The van der Waals surface area contributed by atoms with Crippen molar-refractivity contribution in [1.82, 2.24) is 10.5 Å². The fraction of sp³-hybridized carbons (Fsp3) is 0.438. The predicted octanol–water partition coefficient (Wildman–Crippen LogP) is 3.43. The molecule has 112 valence electrons. The third kappa shape index (κ3) is 3.12. The van der Waals surface area contributed by atoms with E-state index < -0.39 is 0 Å². The number of rotatable bonds is 4. The number of aromatic nitrogens is 1. The zero-order valence-electron chi connectivity index (χ0n) is 12.1. The Morgan fingerprint density at radius 1 is 1.24 bits per heavy atom. The SMILES string of the molecule is Cc1nocc1CNC1(c2ccc(Cl)cc2)CCOCC1. The molecule has 1 saturated heterocycles. The lowest BCUT2D eigenvalue weighted by Crippen LogP contribution is -2.46. The Bertz CT molecular complexity index is 589. The van der Waals surface area contributed by atoms with Crippen molar-refractivity contribution in [1.29, 1.82) is 0 Å². The van der Waals surface area contributed by atoms with E-state index in [1.54, 1.807) is 6.26 Å². The van der Waals surface area contributed by atoms with E-state index in [0.29, 0.717) is 0 Å². The number of halogens is 1. The van der Waals surface area contributed by atoms with Crippen LogP contribution in [0.4, 0.5) is 0 Å². The first-order chi connectivity index (χ1) is 10.2. The van der Waals surface area contributed by atoms with Crippen LogP contribution in [0.1, 0.15) is 29.7 Å². The summed E-state index contributed by atoms with van der Waals surface area (Å²) in [5, 5.41) is 8.38. The second-order valence-electron chi connectivity index (χ2n) is 5.48. The number of ether oxygens (including phenoxy) is 1. The second kappa shape index (κ2) is 6.18. The molecule has 1 aromatic carbocycles. The first-order valence-electron chi connectivity index (χ1n) is 7.18. The third-order valence-electron chi connectivity index (χ3n) is 4.21. The van der Waals surface area contributed by atoms with Gasteiger partial charge in [0.05, 0.1) is 5.69 Å². The van der Waals surface area contributed by atoms with Crippen LogP contribution in [0, 0.1) is 6.92 Å². The van der Waals surface area contributed by atoms with E-state index in [2.05, 4.69) is 22.6 Å². The molecule has 3 rings (SSSR count). The maximum atomic E-state index is 6.01. The molecule has 0 amide bonds. The topological polar surface area (TPSA) is 47.3 Å². The van der Waals surface area contributed by atoms with Gasteiger partial charge in [-0.2, -0.15) is 0 Å². The summed E-state index contributed by atoms with van der Waals surface area (Å²) in [6, 6.07) is 8.09. The Hall–Kier alpha value is -1.36. The molecule has 1 N–H and O–H groups in total. The maximum Gasteiger partial charge on any atom is 0.128 e. The van der Waals surface area contributed by atoms with Crippen LogP contribution in [-0.2, 0) is 16.8 Å². The van der Waals surface area contributed by atoms with Crippen molar-refractivity contribution in [3.05, 3.63) is 52.4 Å². The average Bonchev–Trinajstić information content (AvgIpc) is 2.92. The van der Waals surface area contributed by atoms with Gasteiger partial charge in [-0.3, -0.25) is 0 Å². The van der Waals surface area contributed by atoms with E-state index in [4.69, 9.17) is 20.9 Å². The molecular formula is C16H19ClN2O2. The van der Waals surface area contributed by atoms with Crippen LogP contribution in [0.15, 0.2) is 35.1 Å². The summed E-state index contributed by atoms with van der Waals surface area (Å²) in [5.74, 6) is 0. The number of nitrogens with one attached hydrogen (secondary N) is 1. The van der Waals surface area contributed by atoms with Gasteiger partial charge in [0.15, 0.2) is 0 Å². The first kappa shape index (κ1) is 14.6. The number of nitrogens with zero attached hydrogens (tertiary/aromatic N) is 1. The van der Waals surface area contributed by atoms with E-state index >= 15 is 0 Å². The third-order valence-corrected chi connectivity index (χ3v) is 4.46. The quantitative estimate of drug-likeness (QED) is 0.940. The van der Waals surface area contributed by atoms with Crippen molar-refractivity contribution >= 4 is 11.6 Å². The molecule has 1 fully saturated rings. The highest BCUT2D eigenvalue weighted by Crippen LogP contribution is 2.33. The number of aryl methyl sites for hydroxylation is 1. The van der Waals surface area contributed by atoms with Gasteiger partial charge in [-0.05, 0) is 37.5 Å².